The lowest BCUT2D eigenvalue weighted by atomic mass is 10.0. The predicted octanol–water partition coefficient (Wildman–Crippen LogP) is 5.36. The van der Waals surface area contributed by atoms with E-state index in [1.54, 1.807) is 26.2 Å². The summed E-state index contributed by atoms with van der Waals surface area (Å²) in [6, 6.07) is 13.9. The lowest BCUT2D eigenvalue weighted by Crippen LogP contribution is -2.22. The van der Waals surface area contributed by atoms with Gasteiger partial charge in [0.05, 0.1) is 4.47 Å². The van der Waals surface area contributed by atoms with Crippen LogP contribution < -0.4 is 4.74 Å². The molecule has 4 nitrogen and oxygen atoms in total. The molecular weight excluding hydrogens is 531 g/mol. The molecule has 0 fully saturated rings. The quantitative estimate of drug-likeness (QED) is 0.202. The topological polar surface area (TPSA) is 53.3 Å². The van der Waals surface area contributed by atoms with Crippen LogP contribution in [-0.4, -0.2) is 24.9 Å². The van der Waals surface area contributed by atoms with Crippen molar-refractivity contribution in [3.63, 3.8) is 0 Å². The highest BCUT2D eigenvalue weighted by Crippen LogP contribution is 2.33. The van der Waals surface area contributed by atoms with Crippen LogP contribution in [0.5, 0.6) is 5.75 Å². The van der Waals surface area contributed by atoms with Crippen LogP contribution in [0.3, 0.4) is 0 Å². The summed E-state index contributed by atoms with van der Waals surface area (Å²) in [5, 5.41) is 9.31. The molecule has 2 rings (SSSR count). The van der Waals surface area contributed by atoms with Crippen LogP contribution in [-0.2, 0) is 17.8 Å². The van der Waals surface area contributed by atoms with E-state index in [1.807, 2.05) is 42.5 Å². The van der Waals surface area contributed by atoms with Crippen molar-refractivity contribution in [2.24, 2.45) is 0 Å². The number of halogens is 2. The first-order valence-corrected chi connectivity index (χ1v) is 10.4. The number of allylic oxidation sites excluding steroid dienone is 1. The summed E-state index contributed by atoms with van der Waals surface area (Å²) < 4.78 is 8.00. The minimum absolute atomic E-state index is 0.0778. The fraction of sp³-hybridized carbons (Fsp3) is 0.182. The number of benzene rings is 2. The molecule has 0 unspecified atom stereocenters. The molecule has 144 valence electrons. The molecule has 0 aliphatic rings. The first kappa shape index (κ1) is 22.2. The Kier molecular flexibility index (Phi) is 8.27. The molecule has 0 bridgehead atoms. The van der Waals surface area contributed by atoms with Gasteiger partial charge < -0.3 is 9.64 Å². The van der Waals surface area contributed by atoms with Gasteiger partial charge in [0.2, 0.25) is 0 Å². The van der Waals surface area contributed by atoms with Gasteiger partial charge in [0.15, 0.2) is 0 Å². The monoisotopic (exact) mass is 550 g/mol. The number of likely N-dealkylation sites (N-methyl/N-ethyl adjacent to an activating group) is 1. The molecule has 0 heterocycles. The van der Waals surface area contributed by atoms with Crippen molar-refractivity contribution in [1.82, 2.24) is 4.90 Å². The third-order valence-electron chi connectivity index (χ3n) is 3.87. The van der Waals surface area contributed by atoms with E-state index in [0.29, 0.717) is 13.0 Å². The van der Waals surface area contributed by atoms with E-state index < -0.39 is 0 Å². The van der Waals surface area contributed by atoms with Gasteiger partial charge in [0.25, 0.3) is 5.91 Å². The van der Waals surface area contributed by atoms with E-state index in [9.17, 15) is 10.1 Å². The van der Waals surface area contributed by atoms with E-state index in [-0.39, 0.29) is 11.5 Å². The Morgan fingerprint density at radius 2 is 2.00 bits per heavy atom. The molecule has 6 heteroatoms. The average Bonchev–Trinajstić information content (AvgIpc) is 2.66. The van der Waals surface area contributed by atoms with E-state index in [4.69, 9.17) is 4.74 Å². The Morgan fingerprint density at radius 1 is 1.32 bits per heavy atom. The van der Waals surface area contributed by atoms with E-state index in [1.165, 1.54) is 8.47 Å². The molecule has 0 radical (unpaired) electrons. The fourth-order valence-corrected chi connectivity index (χ4v) is 3.50. The number of carbonyl (C=O) groups is 1. The number of hydrogen-bond acceptors (Lipinski definition) is 3. The number of ether oxygens (including phenoxy) is 1. The van der Waals surface area contributed by atoms with Crippen LogP contribution in [0.15, 0.2) is 59.1 Å². The second-order valence-electron chi connectivity index (χ2n) is 6.27. The van der Waals surface area contributed by atoms with E-state index in [0.717, 1.165) is 26.9 Å². The van der Waals surface area contributed by atoms with Gasteiger partial charge in [-0.25, -0.2) is 0 Å². The molecule has 0 saturated heterocycles. The first-order valence-electron chi connectivity index (χ1n) is 8.49. The van der Waals surface area contributed by atoms with Gasteiger partial charge in [-0.2, -0.15) is 5.26 Å². The van der Waals surface area contributed by atoms with Gasteiger partial charge in [0, 0.05) is 17.7 Å². The highest BCUT2D eigenvalue weighted by atomic mass is 127. The number of carbonyl (C=O) groups excluding carboxylic acids is 1. The highest BCUT2D eigenvalue weighted by molar-refractivity contribution is 14.1. The number of hydrogen-bond donors (Lipinski definition) is 0. The molecule has 0 spiro atoms. The molecular formula is C22H20BrIN2O2. The summed E-state index contributed by atoms with van der Waals surface area (Å²) in [6.45, 7) is 4.25. The summed E-state index contributed by atoms with van der Waals surface area (Å²) in [6.07, 6.45) is 3.98. The fourth-order valence-electron chi connectivity index (χ4n) is 2.51. The summed E-state index contributed by atoms with van der Waals surface area (Å²) in [5.74, 6) is 0.399. The standard InChI is InChI=1S/C22H20BrIN2O2/c1-4-5-17-10-16(11-18(13-25)22(27)26(2)3)12-20(23)21(17)28-14-15-6-8-19(24)9-7-15/h4,6-12H,1,5,14H2,2-3H3/b18-11-. The summed E-state index contributed by atoms with van der Waals surface area (Å²) in [4.78, 5) is 13.5. The smallest absolute Gasteiger partial charge is 0.264 e. The Morgan fingerprint density at radius 3 is 2.57 bits per heavy atom. The first-order chi connectivity index (χ1) is 13.3. The van der Waals surface area contributed by atoms with Crippen LogP contribution in [0.1, 0.15) is 16.7 Å². The summed E-state index contributed by atoms with van der Waals surface area (Å²) >= 11 is 5.83. The SMILES string of the molecule is C=CCc1cc(/C=C(/C#N)C(=O)N(C)C)cc(Br)c1OCc1ccc(I)cc1. The van der Waals surface area contributed by atoms with Crippen LogP contribution in [0.25, 0.3) is 6.08 Å². The van der Waals surface area contributed by atoms with Crippen molar-refractivity contribution >= 4 is 50.5 Å². The maximum Gasteiger partial charge on any atom is 0.264 e. The zero-order chi connectivity index (χ0) is 20.7. The van der Waals surface area contributed by atoms with Gasteiger partial charge in [-0.15, -0.1) is 6.58 Å². The maximum atomic E-state index is 12.1. The molecule has 1 amide bonds. The number of nitrogens with zero attached hydrogens (tertiary/aromatic N) is 2. The second kappa shape index (κ2) is 10.4. The second-order valence-corrected chi connectivity index (χ2v) is 8.37. The van der Waals surface area contributed by atoms with Gasteiger partial charge in [-0.1, -0.05) is 18.2 Å². The normalized spacial score (nSPS) is 10.9. The van der Waals surface area contributed by atoms with Crippen molar-refractivity contribution < 1.29 is 9.53 Å². The van der Waals surface area contributed by atoms with Crippen molar-refractivity contribution in [1.29, 1.82) is 5.26 Å². The number of rotatable bonds is 7. The Hall–Kier alpha value is -2.11. The molecule has 28 heavy (non-hydrogen) atoms. The molecule has 0 aliphatic carbocycles. The van der Waals surface area contributed by atoms with Crippen molar-refractivity contribution in [3.8, 4) is 11.8 Å². The molecule has 2 aromatic rings. The molecule has 0 saturated carbocycles. The molecule has 2 aromatic carbocycles. The van der Waals surface area contributed by atoms with Crippen LogP contribution >= 0.6 is 38.5 Å². The molecule has 0 aliphatic heterocycles. The van der Waals surface area contributed by atoms with Gasteiger partial charge in [-0.3, -0.25) is 4.79 Å². The zero-order valence-electron chi connectivity index (χ0n) is 15.7. The van der Waals surface area contributed by atoms with Crippen molar-refractivity contribution in [3.05, 3.63) is 79.4 Å². The van der Waals surface area contributed by atoms with Gasteiger partial charge in [0.1, 0.15) is 24.0 Å². The maximum absolute atomic E-state index is 12.1. The highest BCUT2D eigenvalue weighted by Gasteiger charge is 2.14. The van der Waals surface area contributed by atoms with Crippen LogP contribution in [0.4, 0.5) is 0 Å². The minimum atomic E-state index is -0.331. The minimum Gasteiger partial charge on any atom is -0.487 e. The molecule has 0 N–H and O–H groups in total. The lowest BCUT2D eigenvalue weighted by Gasteiger charge is -2.14. The summed E-state index contributed by atoms with van der Waals surface area (Å²) in [7, 11) is 3.24. The number of amides is 1. The Labute approximate surface area is 187 Å². The van der Waals surface area contributed by atoms with Crippen LogP contribution in [0, 0.1) is 14.9 Å². The van der Waals surface area contributed by atoms with E-state index >= 15 is 0 Å². The van der Waals surface area contributed by atoms with Crippen LogP contribution in [0.2, 0.25) is 0 Å². The molecule has 0 atom stereocenters. The van der Waals surface area contributed by atoms with Gasteiger partial charge >= 0.3 is 0 Å². The largest absolute Gasteiger partial charge is 0.487 e. The van der Waals surface area contributed by atoms with Crippen molar-refractivity contribution in [2.45, 2.75) is 13.0 Å². The predicted molar refractivity (Wildman–Crippen MR) is 124 cm³/mol. The zero-order valence-corrected chi connectivity index (χ0v) is 19.5. The Bertz CT molecular complexity index is 944. The molecule has 0 aromatic heterocycles. The Balaban J connectivity index is 2.35. The lowest BCUT2D eigenvalue weighted by molar-refractivity contribution is -0.124. The third-order valence-corrected chi connectivity index (χ3v) is 5.18. The number of nitriles is 1. The van der Waals surface area contributed by atoms with E-state index in [2.05, 4.69) is 45.1 Å². The van der Waals surface area contributed by atoms with Crippen molar-refractivity contribution in [2.75, 3.05) is 14.1 Å². The average molecular weight is 551 g/mol. The van der Waals surface area contributed by atoms with Gasteiger partial charge in [-0.05, 0) is 92.0 Å². The summed E-state index contributed by atoms with van der Waals surface area (Å²) in [5.41, 5.74) is 2.83. The third kappa shape index (κ3) is 5.94.